The van der Waals surface area contributed by atoms with E-state index < -0.39 is 108 Å². The van der Waals surface area contributed by atoms with Crippen LogP contribution in [0.1, 0.15) is 136 Å². The van der Waals surface area contributed by atoms with Crippen LogP contribution in [0.25, 0.3) is 0 Å². The summed E-state index contributed by atoms with van der Waals surface area (Å²) < 4.78 is 94.1. The first-order valence-corrected chi connectivity index (χ1v) is 29.5. The maximum atomic E-state index is 14.4. The molecule has 77 heavy (non-hydrogen) atoms. The van der Waals surface area contributed by atoms with Crippen molar-refractivity contribution in [3.8, 4) is 0 Å². The molecule has 1 aliphatic carbocycles. The number of aliphatic carboxylic acids is 1. The van der Waals surface area contributed by atoms with Crippen LogP contribution in [0.3, 0.4) is 0 Å². The van der Waals surface area contributed by atoms with E-state index >= 15 is 0 Å². The van der Waals surface area contributed by atoms with Crippen LogP contribution in [-0.2, 0) is 75.9 Å². The molecule has 15 aliphatic heterocycles. The van der Waals surface area contributed by atoms with E-state index in [0.717, 1.165) is 36.8 Å². The highest BCUT2D eigenvalue weighted by Crippen LogP contribution is 2.82. The van der Waals surface area contributed by atoms with Gasteiger partial charge < -0.3 is 86.7 Å². The van der Waals surface area contributed by atoms with Gasteiger partial charge in [0.05, 0.1) is 123 Å². The Morgan fingerprint density at radius 1 is 0.623 bits per heavy atom. The summed E-state index contributed by atoms with van der Waals surface area (Å²) in [5.74, 6) is -5.18. The van der Waals surface area contributed by atoms with E-state index in [1.165, 1.54) is 0 Å². The lowest BCUT2D eigenvalue weighted by atomic mass is 9.80. The molecule has 0 radical (unpaired) electrons. The van der Waals surface area contributed by atoms with Crippen LogP contribution in [0.2, 0.25) is 0 Å². The number of carbonyl (C=O) groups is 2. The second kappa shape index (κ2) is 18.6. The molecule has 4 N–H and O–H groups in total. The molecule has 0 amide bonds. The molecule has 16 aliphatic rings. The molecular formula is C57H78O20. The largest absolute Gasteiger partial charge is 0.481 e. The van der Waals surface area contributed by atoms with Gasteiger partial charge in [0.2, 0.25) is 5.79 Å². The third kappa shape index (κ3) is 8.32. The van der Waals surface area contributed by atoms with E-state index in [0.29, 0.717) is 77.0 Å². The lowest BCUT2D eigenvalue weighted by molar-refractivity contribution is -0.370. The van der Waals surface area contributed by atoms with Crippen LogP contribution in [0.4, 0.5) is 0 Å². The number of rotatable bonds is 4. The Kier molecular flexibility index (Phi) is 12.5. The molecule has 426 valence electrons. The number of esters is 1. The highest BCUT2D eigenvalue weighted by Gasteiger charge is 3.04. The van der Waals surface area contributed by atoms with Gasteiger partial charge in [0, 0.05) is 57.8 Å². The van der Waals surface area contributed by atoms with Gasteiger partial charge in [-0.05, 0) is 74.3 Å². The molecule has 3 spiro atoms. The van der Waals surface area contributed by atoms with Crippen molar-refractivity contribution in [2.75, 3.05) is 0 Å². The Bertz CT molecular complexity index is 2370. The zero-order valence-corrected chi connectivity index (χ0v) is 44.2. The Morgan fingerprint density at radius 2 is 1.38 bits per heavy atom. The number of carboxylic acid groups (broad SMARTS) is 1. The SMILES string of the molecule is C=C1C[C@@H]2CC[C@]34O[C@H]5[C@H]6O[C@H](CC[C@@H]6O[C@@H]6[C@H]5OC5(O)[C@H]3C65O4)CC(=O)O[C@@H]3CC4OC5C[C@H](C[C@@H]6O[C@@]7(CC[C@@H]6O)C[C@H](C)[C@@H]6O[C@H](CC(=O)O)[C@H](O)C[C@@H]6O7)O[C@@H]5C[C@@H]4O[C@H]3C[C@H]3O[C@@H](CC[C@@H]1O2)C[C@@H](C)C3=C. The van der Waals surface area contributed by atoms with Gasteiger partial charge in [0.15, 0.2) is 17.2 Å². The van der Waals surface area contributed by atoms with Gasteiger partial charge in [-0.15, -0.1) is 0 Å². The summed E-state index contributed by atoms with van der Waals surface area (Å²) in [6.07, 6.45) is -0.808. The Hall–Kier alpha value is -2.22. The van der Waals surface area contributed by atoms with Gasteiger partial charge in [0.1, 0.15) is 36.4 Å². The van der Waals surface area contributed by atoms with Crippen LogP contribution < -0.4 is 0 Å². The summed E-state index contributed by atoms with van der Waals surface area (Å²) >= 11 is 0. The number of hydrogen-bond donors (Lipinski definition) is 4. The van der Waals surface area contributed by atoms with Crippen molar-refractivity contribution < 1.29 is 96.3 Å². The fraction of sp³-hybridized carbons (Fsp3) is 0.895. The Labute approximate surface area is 448 Å². The monoisotopic (exact) mass is 1080 g/mol. The fourth-order valence-corrected chi connectivity index (χ4v) is 17.6. The molecular weight excluding hydrogens is 1000 g/mol. The first kappa shape index (κ1) is 51.6. The third-order valence-electron chi connectivity index (χ3n) is 21.3. The van der Waals surface area contributed by atoms with Crippen molar-refractivity contribution in [3.05, 3.63) is 24.3 Å². The highest BCUT2D eigenvalue weighted by atomic mass is 16.8. The van der Waals surface area contributed by atoms with Crippen LogP contribution in [0.5, 0.6) is 0 Å². The molecule has 1 saturated carbocycles. The zero-order chi connectivity index (χ0) is 52.7. The van der Waals surface area contributed by atoms with Gasteiger partial charge in [-0.1, -0.05) is 27.0 Å². The first-order valence-electron chi connectivity index (χ1n) is 29.5. The summed E-state index contributed by atoms with van der Waals surface area (Å²) in [6.45, 7) is 13.2. The second-order valence-corrected chi connectivity index (χ2v) is 26.3. The molecule has 13 bridgehead atoms. The third-order valence-corrected chi connectivity index (χ3v) is 21.3. The van der Waals surface area contributed by atoms with E-state index in [9.17, 15) is 30.0 Å². The molecule has 0 aromatic rings. The number of aliphatic hydroxyl groups is 3. The van der Waals surface area contributed by atoms with E-state index in [-0.39, 0.29) is 104 Å². The zero-order valence-electron chi connectivity index (χ0n) is 44.2. The van der Waals surface area contributed by atoms with Crippen LogP contribution in [0.15, 0.2) is 24.3 Å². The normalized spacial score (nSPS) is 58.3. The first-order chi connectivity index (χ1) is 37.0. The Morgan fingerprint density at radius 3 is 2.21 bits per heavy atom. The number of ether oxygens (including phenoxy) is 14. The van der Waals surface area contributed by atoms with Gasteiger partial charge in [-0.3, -0.25) is 9.59 Å². The molecule has 20 heteroatoms. The van der Waals surface area contributed by atoms with Crippen molar-refractivity contribution in [2.45, 2.75) is 299 Å². The van der Waals surface area contributed by atoms with Crippen molar-refractivity contribution in [3.63, 3.8) is 0 Å². The smallest absolute Gasteiger partial charge is 0.308 e. The topological polar surface area (TPSA) is 244 Å². The minimum atomic E-state index is -1.49. The van der Waals surface area contributed by atoms with Gasteiger partial charge >= 0.3 is 11.9 Å². The predicted molar refractivity (Wildman–Crippen MR) is 260 cm³/mol. The van der Waals surface area contributed by atoms with Crippen molar-refractivity contribution in [1.29, 1.82) is 0 Å². The molecule has 20 nitrogen and oxygen atoms in total. The van der Waals surface area contributed by atoms with E-state index in [1.54, 1.807) is 0 Å². The molecule has 4 unspecified atom stereocenters. The number of hydrogen-bond acceptors (Lipinski definition) is 19. The minimum Gasteiger partial charge on any atom is -0.481 e. The average Bonchev–Trinajstić information content (AvgIpc) is 2.35. The lowest BCUT2D eigenvalue weighted by Gasteiger charge is -2.54. The Balaban J connectivity index is 0.641. The minimum absolute atomic E-state index is 0.0157. The van der Waals surface area contributed by atoms with Crippen molar-refractivity contribution in [1.82, 2.24) is 0 Å². The molecule has 0 aromatic heterocycles. The van der Waals surface area contributed by atoms with Crippen LogP contribution >= 0.6 is 0 Å². The summed E-state index contributed by atoms with van der Waals surface area (Å²) in [7, 11) is 0. The summed E-state index contributed by atoms with van der Waals surface area (Å²) in [5.41, 5.74) is 1.11. The number of carbonyl (C=O) groups excluding carboxylic acids is 1. The average molecular weight is 1080 g/mol. The fourth-order valence-electron chi connectivity index (χ4n) is 17.6. The van der Waals surface area contributed by atoms with E-state index in [1.807, 2.05) is 6.92 Å². The van der Waals surface area contributed by atoms with Crippen molar-refractivity contribution in [2.24, 2.45) is 17.8 Å². The maximum Gasteiger partial charge on any atom is 0.308 e. The molecule has 16 fully saturated rings. The summed E-state index contributed by atoms with van der Waals surface area (Å²) in [4.78, 5) is 25.8. The standard InChI is InChI=1S/C57H78O20/c1-24-13-28-5-7-34-25(2)14-30(64-34)9-12-55-53-56(77-55)52-51(76-57(53,56)63)50(75-55)49-35(72-52)8-6-29(67-49)17-47(62)70-44-21-43-42(69-41(44)19-36(65-28)27(24)4)20-40-39(68-43)16-31(66-40)15-38-32(58)10-11-54(73-38)23-26(3)48-45(74-54)18-33(59)37(71-48)22-46(60)61/h24,26,28-45,48-53,58-59,63H,2,4-23H2,1,3H3,(H,60,61)/t24-,26+,28+,29-,30+,31+,32+,33-,34+,35+,36-,37-,38+,39?,40-,41+,42+,43?,44-,45+,48+,49+,50+,51+,52-,53-,54-,55-,56?,57?/m1/s1. The molecule has 15 saturated heterocycles. The summed E-state index contributed by atoms with van der Waals surface area (Å²) in [6, 6.07) is 0. The quantitative estimate of drug-likeness (QED) is 0.232. The molecule has 15 heterocycles. The molecule has 30 atom stereocenters. The van der Waals surface area contributed by atoms with Gasteiger partial charge in [-0.25, -0.2) is 0 Å². The molecule has 0 aromatic carbocycles. The van der Waals surface area contributed by atoms with Gasteiger partial charge in [-0.2, -0.15) is 0 Å². The highest BCUT2D eigenvalue weighted by molar-refractivity contribution is 5.70. The summed E-state index contributed by atoms with van der Waals surface area (Å²) in [5, 5.41) is 43.5. The number of aliphatic hydroxyl groups excluding tert-OH is 2. The van der Waals surface area contributed by atoms with E-state index in [4.69, 9.17) is 66.3 Å². The molecule has 16 rings (SSSR count). The predicted octanol–water partition coefficient (Wildman–Crippen LogP) is 3.73. The van der Waals surface area contributed by atoms with Crippen LogP contribution in [0, 0.1) is 17.8 Å². The number of fused-ring (bicyclic) bond motifs is 9. The van der Waals surface area contributed by atoms with Gasteiger partial charge in [0.25, 0.3) is 0 Å². The lowest BCUT2D eigenvalue weighted by Crippen LogP contribution is -2.62. The van der Waals surface area contributed by atoms with Crippen molar-refractivity contribution >= 4 is 11.9 Å². The second-order valence-electron chi connectivity index (χ2n) is 26.3. The maximum absolute atomic E-state index is 14.4. The van der Waals surface area contributed by atoms with E-state index in [2.05, 4.69) is 20.1 Å². The van der Waals surface area contributed by atoms with Crippen LogP contribution in [-0.4, -0.2) is 196 Å². The number of carboxylic acids is 1.